The van der Waals surface area contributed by atoms with Gasteiger partial charge in [-0.05, 0) is 24.6 Å². The minimum atomic E-state index is -1.41. The highest BCUT2D eigenvalue weighted by Gasteiger charge is 2.37. The molecule has 33 heavy (non-hydrogen) atoms. The number of nitrogens with zero attached hydrogens (tertiary/aromatic N) is 4. The quantitative estimate of drug-likeness (QED) is 0.478. The highest BCUT2D eigenvalue weighted by Crippen LogP contribution is 2.39. The fourth-order valence-corrected chi connectivity index (χ4v) is 4.61. The van der Waals surface area contributed by atoms with E-state index in [2.05, 4.69) is 10.1 Å². The number of rotatable bonds is 5. The van der Waals surface area contributed by atoms with E-state index in [1.54, 1.807) is 6.92 Å². The molecular formula is C22H17F2N5O3S. The summed E-state index contributed by atoms with van der Waals surface area (Å²) < 4.78 is 37.3. The van der Waals surface area contributed by atoms with Gasteiger partial charge in [0, 0.05) is 12.5 Å². The third kappa shape index (κ3) is 3.59. The number of hydrogen-bond acceptors (Lipinski definition) is 6. The van der Waals surface area contributed by atoms with Crippen LogP contribution in [0.5, 0.6) is 10.8 Å². The molecule has 5 rings (SSSR count). The SMILES string of the molecule is Cc1nc(C(N)=O)sc1Oc1ccc(-n2nc3n(c2=O)C(c2ccccc2)CC3F)cc1F. The third-order valence-corrected chi connectivity index (χ3v) is 6.42. The topological polar surface area (TPSA) is 105 Å². The van der Waals surface area contributed by atoms with Crippen molar-refractivity contribution in [3.05, 3.63) is 86.9 Å². The Kier molecular flexibility index (Phi) is 5.05. The van der Waals surface area contributed by atoms with E-state index in [9.17, 15) is 18.4 Å². The molecule has 0 aliphatic carbocycles. The smallest absolute Gasteiger partial charge is 0.351 e. The Bertz CT molecular complexity index is 1430. The first-order chi connectivity index (χ1) is 15.8. The first-order valence-corrected chi connectivity index (χ1v) is 10.8. The van der Waals surface area contributed by atoms with Crippen LogP contribution in [0.3, 0.4) is 0 Å². The zero-order valence-corrected chi connectivity index (χ0v) is 18.1. The van der Waals surface area contributed by atoms with E-state index in [0.29, 0.717) is 5.69 Å². The lowest BCUT2D eigenvalue weighted by molar-refractivity contribution is 0.1000. The van der Waals surface area contributed by atoms with E-state index in [0.717, 1.165) is 27.6 Å². The summed E-state index contributed by atoms with van der Waals surface area (Å²) in [5.41, 5.74) is 5.97. The van der Waals surface area contributed by atoms with Gasteiger partial charge in [-0.25, -0.2) is 18.6 Å². The Morgan fingerprint density at radius 2 is 2.00 bits per heavy atom. The maximum atomic E-state index is 14.8. The van der Waals surface area contributed by atoms with E-state index < -0.39 is 29.6 Å². The molecule has 168 valence electrons. The van der Waals surface area contributed by atoms with Gasteiger partial charge in [0.1, 0.15) is 0 Å². The number of aromatic nitrogens is 4. The highest BCUT2D eigenvalue weighted by molar-refractivity contribution is 7.15. The van der Waals surface area contributed by atoms with Gasteiger partial charge in [-0.2, -0.15) is 4.68 Å². The summed E-state index contributed by atoms with van der Waals surface area (Å²) in [5.74, 6) is -1.60. The predicted molar refractivity (Wildman–Crippen MR) is 116 cm³/mol. The predicted octanol–water partition coefficient (Wildman–Crippen LogP) is 3.83. The molecule has 2 unspecified atom stereocenters. The van der Waals surface area contributed by atoms with Crippen molar-refractivity contribution in [2.45, 2.75) is 25.6 Å². The number of primary amides is 1. The summed E-state index contributed by atoms with van der Waals surface area (Å²) in [4.78, 5) is 28.4. The van der Waals surface area contributed by atoms with Gasteiger partial charge in [0.15, 0.2) is 28.6 Å². The van der Waals surface area contributed by atoms with Gasteiger partial charge in [-0.3, -0.25) is 9.36 Å². The van der Waals surface area contributed by atoms with Gasteiger partial charge >= 0.3 is 5.69 Å². The first-order valence-electron chi connectivity index (χ1n) is 9.99. The Balaban J connectivity index is 1.48. The molecule has 1 amide bonds. The molecule has 0 fully saturated rings. The second kappa shape index (κ2) is 7.93. The molecule has 0 saturated heterocycles. The lowest BCUT2D eigenvalue weighted by atomic mass is 10.0. The van der Waals surface area contributed by atoms with Gasteiger partial charge in [0.05, 0.1) is 17.4 Å². The lowest BCUT2D eigenvalue weighted by Crippen LogP contribution is -2.26. The summed E-state index contributed by atoms with van der Waals surface area (Å²) in [6, 6.07) is 12.5. The van der Waals surface area contributed by atoms with Crippen LogP contribution in [0.2, 0.25) is 0 Å². The number of amides is 1. The van der Waals surface area contributed by atoms with Gasteiger partial charge in [-0.15, -0.1) is 5.10 Å². The van der Waals surface area contributed by atoms with Crippen molar-refractivity contribution >= 4 is 17.2 Å². The van der Waals surface area contributed by atoms with Crippen molar-refractivity contribution in [2.24, 2.45) is 5.73 Å². The molecule has 4 aromatic rings. The number of carbonyl (C=O) groups is 1. The lowest BCUT2D eigenvalue weighted by Gasteiger charge is -2.12. The van der Waals surface area contributed by atoms with E-state index in [1.165, 1.54) is 16.7 Å². The van der Waals surface area contributed by atoms with Crippen molar-refractivity contribution in [1.82, 2.24) is 19.3 Å². The molecule has 1 aliphatic heterocycles. The maximum Gasteiger partial charge on any atom is 0.351 e. The van der Waals surface area contributed by atoms with E-state index in [4.69, 9.17) is 10.5 Å². The van der Waals surface area contributed by atoms with Crippen molar-refractivity contribution in [2.75, 3.05) is 0 Å². The molecule has 3 heterocycles. The van der Waals surface area contributed by atoms with Crippen LogP contribution in [0.15, 0.2) is 53.3 Å². The molecule has 0 spiro atoms. The monoisotopic (exact) mass is 469 g/mol. The Hall–Kier alpha value is -3.86. The maximum absolute atomic E-state index is 14.8. The Morgan fingerprint density at radius 3 is 2.67 bits per heavy atom. The normalized spacial score (nSPS) is 17.2. The number of ether oxygens (including phenoxy) is 1. The van der Waals surface area contributed by atoms with Crippen molar-refractivity contribution in [3.8, 4) is 16.5 Å². The van der Waals surface area contributed by atoms with Gasteiger partial charge in [0.25, 0.3) is 5.91 Å². The summed E-state index contributed by atoms with van der Waals surface area (Å²) >= 11 is 0.901. The zero-order chi connectivity index (χ0) is 23.3. The first kappa shape index (κ1) is 21.0. The van der Waals surface area contributed by atoms with E-state index in [-0.39, 0.29) is 33.8 Å². The van der Waals surface area contributed by atoms with E-state index >= 15 is 0 Å². The van der Waals surface area contributed by atoms with Crippen LogP contribution < -0.4 is 16.2 Å². The molecule has 0 saturated carbocycles. The number of fused-ring (bicyclic) bond motifs is 1. The Labute approximate surface area is 189 Å². The molecule has 2 aromatic heterocycles. The number of aryl methyl sites for hydroxylation is 1. The second-order valence-electron chi connectivity index (χ2n) is 7.53. The van der Waals surface area contributed by atoms with Crippen LogP contribution in [0.25, 0.3) is 5.69 Å². The second-order valence-corrected chi connectivity index (χ2v) is 8.49. The molecule has 2 aromatic carbocycles. The van der Waals surface area contributed by atoms with Gasteiger partial charge < -0.3 is 10.5 Å². The van der Waals surface area contributed by atoms with Crippen LogP contribution in [-0.4, -0.2) is 25.2 Å². The fraction of sp³-hybridized carbons (Fsp3) is 0.182. The average molecular weight is 469 g/mol. The van der Waals surface area contributed by atoms with Crippen LogP contribution in [-0.2, 0) is 0 Å². The Morgan fingerprint density at radius 1 is 1.24 bits per heavy atom. The number of carbonyl (C=O) groups excluding carboxylic acids is 1. The summed E-state index contributed by atoms with van der Waals surface area (Å²) in [5, 5.41) is 4.40. The standard InChI is InChI=1S/C22H17F2N5O3S/c1-11-21(33-20(26-11)18(25)30)32-17-8-7-13(9-14(17)23)29-22(31)28-16(10-15(24)19(28)27-29)12-5-3-2-4-6-12/h2-9,15-16H,10H2,1H3,(H2,25,30). The minimum absolute atomic E-state index is 0.00820. The number of hydrogen-bond donors (Lipinski definition) is 1. The molecule has 0 radical (unpaired) electrons. The molecule has 2 N–H and O–H groups in total. The minimum Gasteiger partial charge on any atom is -0.442 e. The summed E-state index contributed by atoms with van der Waals surface area (Å²) in [6.45, 7) is 1.60. The molecular weight excluding hydrogens is 452 g/mol. The average Bonchev–Trinajstić information content (AvgIpc) is 3.44. The van der Waals surface area contributed by atoms with Crippen molar-refractivity contribution in [3.63, 3.8) is 0 Å². The summed E-state index contributed by atoms with van der Waals surface area (Å²) in [6.07, 6.45) is -1.30. The third-order valence-electron chi connectivity index (χ3n) is 5.37. The van der Waals surface area contributed by atoms with Gasteiger partial charge in [-0.1, -0.05) is 41.7 Å². The number of nitrogens with two attached hydrogens (primary N) is 1. The van der Waals surface area contributed by atoms with Crippen LogP contribution in [0.1, 0.15) is 45.5 Å². The van der Waals surface area contributed by atoms with Crippen LogP contribution >= 0.6 is 11.3 Å². The fourth-order valence-electron chi connectivity index (χ4n) is 3.82. The number of halogens is 2. The number of alkyl halides is 1. The van der Waals surface area contributed by atoms with Crippen molar-refractivity contribution < 1.29 is 18.3 Å². The molecule has 11 heteroatoms. The largest absolute Gasteiger partial charge is 0.442 e. The highest BCUT2D eigenvalue weighted by atomic mass is 32.1. The summed E-state index contributed by atoms with van der Waals surface area (Å²) in [7, 11) is 0. The number of thiazole rings is 1. The molecule has 1 aliphatic rings. The van der Waals surface area contributed by atoms with Gasteiger partial charge in [0.2, 0.25) is 5.06 Å². The van der Waals surface area contributed by atoms with E-state index in [1.807, 2.05) is 30.3 Å². The molecule has 0 bridgehead atoms. The van der Waals surface area contributed by atoms with Crippen molar-refractivity contribution in [1.29, 1.82) is 0 Å². The zero-order valence-electron chi connectivity index (χ0n) is 17.2. The molecule has 8 nitrogen and oxygen atoms in total. The van der Waals surface area contributed by atoms with Crippen LogP contribution in [0.4, 0.5) is 8.78 Å². The van der Waals surface area contributed by atoms with Crippen LogP contribution in [0, 0.1) is 12.7 Å². The molecule has 2 atom stereocenters. The number of benzene rings is 2.